The van der Waals surface area contributed by atoms with Crippen LogP contribution in [0, 0.1) is 5.41 Å². The molecule has 3 rings (SSSR count). The van der Waals surface area contributed by atoms with E-state index in [0.29, 0.717) is 25.4 Å². The Bertz CT molecular complexity index is 883. The zero-order chi connectivity index (χ0) is 24.4. The first-order valence-electron chi connectivity index (χ1n) is 11.9. The Morgan fingerprint density at radius 3 is 2.41 bits per heavy atom. The van der Waals surface area contributed by atoms with Crippen LogP contribution >= 0.6 is 11.6 Å². The molecule has 34 heavy (non-hydrogen) atoms. The van der Waals surface area contributed by atoms with Crippen LogP contribution in [0.1, 0.15) is 31.6 Å². The Morgan fingerprint density at radius 1 is 1.03 bits per heavy atom. The number of furan rings is 1. The molecule has 0 radical (unpaired) electrons. The number of morpholine rings is 1. The average Bonchev–Trinajstić information content (AvgIpc) is 3.37. The number of nitrogens with zero attached hydrogens (tertiary/aromatic N) is 3. The Balaban J connectivity index is 1.70. The molecule has 0 bridgehead atoms. The van der Waals surface area contributed by atoms with Crippen LogP contribution < -0.4 is 0 Å². The Kier molecular flexibility index (Phi) is 9.99. The minimum Gasteiger partial charge on any atom is -0.467 e. The molecular formula is C26H36ClN3O4. The van der Waals surface area contributed by atoms with Gasteiger partial charge in [-0.1, -0.05) is 30.3 Å². The molecule has 0 atom stereocenters. The second kappa shape index (κ2) is 12.9. The predicted octanol–water partition coefficient (Wildman–Crippen LogP) is 3.62. The molecule has 8 heteroatoms. The van der Waals surface area contributed by atoms with E-state index in [2.05, 4.69) is 4.90 Å². The molecule has 1 fully saturated rings. The fourth-order valence-corrected chi connectivity index (χ4v) is 4.05. The van der Waals surface area contributed by atoms with E-state index in [1.165, 1.54) is 0 Å². The minimum atomic E-state index is -0.744. The molecule has 2 aromatic rings. The summed E-state index contributed by atoms with van der Waals surface area (Å²) in [5, 5.41) is 0. The van der Waals surface area contributed by atoms with E-state index in [4.69, 9.17) is 20.8 Å². The van der Waals surface area contributed by atoms with E-state index in [-0.39, 0.29) is 24.2 Å². The highest BCUT2D eigenvalue weighted by atomic mass is 35.5. The molecule has 186 valence electrons. The number of benzene rings is 1. The van der Waals surface area contributed by atoms with Crippen molar-refractivity contribution in [3.05, 3.63) is 60.1 Å². The van der Waals surface area contributed by atoms with Gasteiger partial charge in [0.05, 0.1) is 38.0 Å². The number of ether oxygens (including phenoxy) is 1. The number of rotatable bonds is 12. The lowest BCUT2D eigenvalue weighted by atomic mass is 9.94. The van der Waals surface area contributed by atoms with Crippen molar-refractivity contribution in [3.8, 4) is 0 Å². The lowest BCUT2D eigenvalue weighted by Gasteiger charge is -2.33. The van der Waals surface area contributed by atoms with Gasteiger partial charge >= 0.3 is 0 Å². The maximum Gasteiger partial charge on any atom is 0.242 e. The molecule has 0 spiro atoms. The summed E-state index contributed by atoms with van der Waals surface area (Å²) in [5.74, 6) is 0.677. The number of halogens is 1. The molecule has 1 aliphatic rings. The van der Waals surface area contributed by atoms with Crippen molar-refractivity contribution in [3.63, 3.8) is 0 Å². The van der Waals surface area contributed by atoms with Crippen molar-refractivity contribution < 1.29 is 18.7 Å². The Morgan fingerprint density at radius 2 is 1.76 bits per heavy atom. The second-order valence-corrected chi connectivity index (χ2v) is 9.63. The van der Waals surface area contributed by atoms with Crippen LogP contribution in [0.3, 0.4) is 0 Å². The van der Waals surface area contributed by atoms with Crippen LogP contribution in [0.5, 0.6) is 0 Å². The normalized spacial score (nSPS) is 14.7. The summed E-state index contributed by atoms with van der Waals surface area (Å²) in [6, 6.07) is 13.5. The number of alkyl halides is 1. The maximum absolute atomic E-state index is 13.5. The summed E-state index contributed by atoms with van der Waals surface area (Å²) in [4.78, 5) is 32.6. The lowest BCUT2D eigenvalue weighted by Crippen LogP contribution is -2.48. The van der Waals surface area contributed by atoms with Crippen LogP contribution in [0.25, 0.3) is 0 Å². The van der Waals surface area contributed by atoms with Crippen molar-refractivity contribution in [1.82, 2.24) is 14.7 Å². The quantitative estimate of drug-likeness (QED) is 0.426. The van der Waals surface area contributed by atoms with Gasteiger partial charge in [-0.05, 0) is 38.0 Å². The maximum atomic E-state index is 13.5. The lowest BCUT2D eigenvalue weighted by molar-refractivity contribution is -0.146. The predicted molar refractivity (Wildman–Crippen MR) is 132 cm³/mol. The SMILES string of the molecule is CC(C)(CCl)C(=O)N(CCCN1CCOCC1)CC(=O)N(Cc1ccccc1)Cc1ccco1. The van der Waals surface area contributed by atoms with Gasteiger partial charge in [0.25, 0.3) is 0 Å². The van der Waals surface area contributed by atoms with E-state index in [1.807, 2.05) is 56.3 Å². The highest BCUT2D eigenvalue weighted by molar-refractivity contribution is 6.19. The van der Waals surface area contributed by atoms with Gasteiger partial charge in [0.1, 0.15) is 5.76 Å². The van der Waals surface area contributed by atoms with Gasteiger partial charge in [-0.15, -0.1) is 11.6 Å². The standard InChI is InChI=1S/C26H36ClN3O4/c1-26(2,21-27)25(32)29(12-7-11-28-13-16-33-17-14-28)20-24(31)30(19-23-10-6-15-34-23)18-22-8-4-3-5-9-22/h3-6,8-10,15H,7,11-14,16-21H2,1-2H3. The second-order valence-electron chi connectivity index (χ2n) is 9.37. The third kappa shape index (κ3) is 7.86. The molecule has 0 saturated carbocycles. The summed E-state index contributed by atoms with van der Waals surface area (Å²) in [5.41, 5.74) is 0.278. The summed E-state index contributed by atoms with van der Waals surface area (Å²) < 4.78 is 10.9. The summed E-state index contributed by atoms with van der Waals surface area (Å²) in [6.45, 7) is 9.08. The molecule has 1 aromatic carbocycles. The molecule has 1 aromatic heterocycles. The zero-order valence-electron chi connectivity index (χ0n) is 20.2. The van der Waals surface area contributed by atoms with E-state index in [1.54, 1.807) is 16.1 Å². The van der Waals surface area contributed by atoms with Gasteiger partial charge in [0.2, 0.25) is 11.8 Å². The summed E-state index contributed by atoms with van der Waals surface area (Å²) in [6.07, 6.45) is 2.39. The van der Waals surface area contributed by atoms with Crippen molar-refractivity contribution in [2.75, 3.05) is 51.8 Å². The molecule has 0 aliphatic carbocycles. The van der Waals surface area contributed by atoms with E-state index in [9.17, 15) is 9.59 Å². The van der Waals surface area contributed by atoms with Gasteiger partial charge in [-0.3, -0.25) is 14.5 Å². The fourth-order valence-electron chi connectivity index (χ4n) is 3.94. The topological polar surface area (TPSA) is 66.2 Å². The Hall–Kier alpha value is -2.35. The van der Waals surface area contributed by atoms with Crippen LogP contribution in [0.4, 0.5) is 0 Å². The van der Waals surface area contributed by atoms with E-state index in [0.717, 1.165) is 44.8 Å². The van der Waals surface area contributed by atoms with Gasteiger partial charge < -0.3 is 19.0 Å². The van der Waals surface area contributed by atoms with Crippen molar-refractivity contribution in [2.24, 2.45) is 5.41 Å². The molecule has 2 heterocycles. The van der Waals surface area contributed by atoms with Crippen LogP contribution in [0.2, 0.25) is 0 Å². The summed E-state index contributed by atoms with van der Waals surface area (Å²) in [7, 11) is 0. The van der Waals surface area contributed by atoms with Crippen molar-refractivity contribution in [1.29, 1.82) is 0 Å². The van der Waals surface area contributed by atoms with Gasteiger partial charge in [0, 0.05) is 38.6 Å². The first-order chi connectivity index (χ1) is 16.4. The number of carbonyl (C=O) groups is 2. The molecule has 7 nitrogen and oxygen atoms in total. The zero-order valence-corrected chi connectivity index (χ0v) is 21.0. The fraction of sp³-hybridized carbons (Fsp3) is 0.538. The van der Waals surface area contributed by atoms with Gasteiger partial charge in [-0.25, -0.2) is 0 Å². The third-order valence-corrected chi connectivity index (χ3v) is 6.70. The largest absolute Gasteiger partial charge is 0.467 e. The van der Waals surface area contributed by atoms with Crippen LogP contribution in [-0.2, 0) is 27.4 Å². The third-order valence-electron chi connectivity index (χ3n) is 6.03. The first-order valence-corrected chi connectivity index (χ1v) is 12.4. The number of hydrogen-bond donors (Lipinski definition) is 0. The molecule has 1 saturated heterocycles. The molecule has 2 amide bonds. The molecule has 0 unspecified atom stereocenters. The average molecular weight is 490 g/mol. The number of amides is 2. The van der Waals surface area contributed by atoms with Crippen LogP contribution in [0.15, 0.2) is 53.1 Å². The van der Waals surface area contributed by atoms with Gasteiger partial charge in [0.15, 0.2) is 0 Å². The highest BCUT2D eigenvalue weighted by Gasteiger charge is 2.33. The van der Waals surface area contributed by atoms with E-state index >= 15 is 0 Å². The summed E-state index contributed by atoms with van der Waals surface area (Å²) >= 11 is 6.11. The monoisotopic (exact) mass is 489 g/mol. The van der Waals surface area contributed by atoms with Crippen LogP contribution in [-0.4, -0.2) is 78.3 Å². The number of carbonyl (C=O) groups excluding carboxylic acids is 2. The molecular weight excluding hydrogens is 454 g/mol. The molecule has 0 N–H and O–H groups in total. The minimum absolute atomic E-state index is 0.00973. The smallest absolute Gasteiger partial charge is 0.242 e. The Labute approximate surface area is 207 Å². The van der Waals surface area contributed by atoms with Gasteiger partial charge in [-0.2, -0.15) is 0 Å². The van der Waals surface area contributed by atoms with Crippen molar-refractivity contribution in [2.45, 2.75) is 33.4 Å². The first kappa shape index (κ1) is 26.3. The number of hydrogen-bond acceptors (Lipinski definition) is 5. The molecule has 1 aliphatic heterocycles. The van der Waals surface area contributed by atoms with E-state index < -0.39 is 5.41 Å². The highest BCUT2D eigenvalue weighted by Crippen LogP contribution is 2.22. The van der Waals surface area contributed by atoms with Crippen molar-refractivity contribution >= 4 is 23.4 Å².